The Balaban J connectivity index is 1.46. The standard InChI is InChI=1S/C21H15ClN4O5S/c1-12-15-10-18(32-20(15)25(24-12)13-5-3-2-4-6-13)21(28)31-11-19(27)23-17-9-14(26(29)30)7-8-16(17)22/h2-10H,11H2,1H3,(H,23,27). The summed E-state index contributed by atoms with van der Waals surface area (Å²) < 4.78 is 6.87. The molecule has 2 aromatic carbocycles. The number of aryl methyl sites for hydroxylation is 1. The molecule has 2 heterocycles. The van der Waals surface area contributed by atoms with Crippen molar-refractivity contribution in [3.63, 3.8) is 0 Å². The number of fused-ring (bicyclic) bond motifs is 1. The van der Waals surface area contributed by atoms with Crippen LogP contribution < -0.4 is 5.32 Å². The van der Waals surface area contributed by atoms with Crippen LogP contribution in [0, 0.1) is 17.0 Å². The van der Waals surface area contributed by atoms with Crippen molar-refractivity contribution < 1.29 is 19.2 Å². The first-order valence-electron chi connectivity index (χ1n) is 9.29. The van der Waals surface area contributed by atoms with E-state index < -0.39 is 23.4 Å². The molecule has 0 fully saturated rings. The van der Waals surface area contributed by atoms with Gasteiger partial charge in [-0.15, -0.1) is 11.3 Å². The number of esters is 1. The van der Waals surface area contributed by atoms with Crippen LogP contribution in [0.25, 0.3) is 15.9 Å². The molecule has 0 bridgehead atoms. The average Bonchev–Trinajstić information content (AvgIpc) is 3.35. The fourth-order valence-electron chi connectivity index (χ4n) is 3.00. The smallest absolute Gasteiger partial charge is 0.348 e. The first-order chi connectivity index (χ1) is 15.3. The summed E-state index contributed by atoms with van der Waals surface area (Å²) in [5.74, 6) is -1.33. The van der Waals surface area contributed by atoms with Crippen LogP contribution in [0.4, 0.5) is 11.4 Å². The number of aromatic nitrogens is 2. The van der Waals surface area contributed by atoms with Gasteiger partial charge in [-0.05, 0) is 31.2 Å². The third-order valence-electron chi connectivity index (χ3n) is 4.52. The molecule has 32 heavy (non-hydrogen) atoms. The number of benzene rings is 2. The van der Waals surface area contributed by atoms with Crippen molar-refractivity contribution in [2.45, 2.75) is 6.92 Å². The zero-order chi connectivity index (χ0) is 22.8. The molecule has 4 rings (SSSR count). The zero-order valence-corrected chi connectivity index (χ0v) is 18.1. The maximum atomic E-state index is 12.5. The minimum atomic E-state index is -0.673. The lowest BCUT2D eigenvalue weighted by Crippen LogP contribution is -2.20. The van der Waals surface area contributed by atoms with E-state index in [9.17, 15) is 19.7 Å². The number of nitrogens with zero attached hydrogens (tertiary/aromatic N) is 3. The van der Waals surface area contributed by atoms with Gasteiger partial charge in [0, 0.05) is 17.5 Å². The maximum Gasteiger partial charge on any atom is 0.348 e. The molecule has 4 aromatic rings. The summed E-state index contributed by atoms with van der Waals surface area (Å²) >= 11 is 7.17. The summed E-state index contributed by atoms with van der Waals surface area (Å²) in [7, 11) is 0. The number of thiophene rings is 1. The van der Waals surface area contributed by atoms with Crippen LogP contribution in [-0.2, 0) is 9.53 Å². The van der Waals surface area contributed by atoms with E-state index in [-0.39, 0.29) is 16.4 Å². The summed E-state index contributed by atoms with van der Waals surface area (Å²) in [5.41, 5.74) is 1.45. The van der Waals surface area contributed by atoms with Gasteiger partial charge in [0.15, 0.2) is 6.61 Å². The topological polar surface area (TPSA) is 116 Å². The quantitative estimate of drug-likeness (QED) is 0.247. The van der Waals surface area contributed by atoms with E-state index in [1.165, 1.54) is 23.5 Å². The van der Waals surface area contributed by atoms with Gasteiger partial charge in [-0.25, -0.2) is 9.48 Å². The monoisotopic (exact) mass is 470 g/mol. The Hall–Kier alpha value is -3.76. The number of amides is 1. The number of nitro benzene ring substituents is 1. The Labute approximate surface area is 190 Å². The number of nitrogens with one attached hydrogen (secondary N) is 1. The van der Waals surface area contributed by atoms with Crippen LogP contribution in [0.5, 0.6) is 0 Å². The van der Waals surface area contributed by atoms with E-state index in [0.717, 1.165) is 27.7 Å². The molecule has 0 saturated heterocycles. The van der Waals surface area contributed by atoms with Crippen LogP contribution in [-0.4, -0.2) is 33.2 Å². The number of anilines is 1. The fourth-order valence-corrected chi connectivity index (χ4v) is 4.24. The van der Waals surface area contributed by atoms with Gasteiger partial charge in [0.1, 0.15) is 9.71 Å². The average molecular weight is 471 g/mol. The molecule has 2 aromatic heterocycles. The van der Waals surface area contributed by atoms with Gasteiger partial charge in [0.25, 0.3) is 11.6 Å². The SMILES string of the molecule is Cc1nn(-c2ccccc2)c2sc(C(=O)OCC(=O)Nc3cc([N+](=O)[O-])ccc3Cl)cc12. The van der Waals surface area contributed by atoms with Gasteiger partial charge in [0.05, 0.1) is 27.0 Å². The number of ether oxygens (including phenoxy) is 1. The first kappa shape index (κ1) is 21.5. The normalized spacial score (nSPS) is 10.8. The number of hydrogen-bond donors (Lipinski definition) is 1. The molecule has 0 radical (unpaired) electrons. The molecule has 162 valence electrons. The number of para-hydroxylation sites is 1. The van der Waals surface area contributed by atoms with Crippen molar-refractivity contribution in [1.82, 2.24) is 9.78 Å². The van der Waals surface area contributed by atoms with E-state index in [0.29, 0.717) is 4.88 Å². The number of hydrogen-bond acceptors (Lipinski definition) is 7. The van der Waals surface area contributed by atoms with Crippen LogP contribution in [0.1, 0.15) is 15.4 Å². The Bertz CT molecular complexity index is 1350. The van der Waals surface area contributed by atoms with Gasteiger partial charge in [0.2, 0.25) is 0 Å². The van der Waals surface area contributed by atoms with Gasteiger partial charge in [-0.1, -0.05) is 29.8 Å². The van der Waals surface area contributed by atoms with E-state index in [1.807, 2.05) is 37.3 Å². The molecule has 11 heteroatoms. The van der Waals surface area contributed by atoms with Gasteiger partial charge < -0.3 is 10.1 Å². The van der Waals surface area contributed by atoms with Gasteiger partial charge in [-0.3, -0.25) is 14.9 Å². The summed E-state index contributed by atoms with van der Waals surface area (Å²) in [5, 5.41) is 18.8. The lowest BCUT2D eigenvalue weighted by molar-refractivity contribution is -0.384. The summed E-state index contributed by atoms with van der Waals surface area (Å²) in [6.45, 7) is 1.27. The highest BCUT2D eigenvalue weighted by Crippen LogP contribution is 2.31. The Morgan fingerprint density at radius 1 is 1.22 bits per heavy atom. The van der Waals surface area contributed by atoms with Crippen LogP contribution in [0.15, 0.2) is 54.6 Å². The van der Waals surface area contributed by atoms with Crippen molar-refractivity contribution in [1.29, 1.82) is 0 Å². The fraction of sp³-hybridized carbons (Fsp3) is 0.0952. The molecule has 9 nitrogen and oxygen atoms in total. The van der Waals surface area contributed by atoms with E-state index >= 15 is 0 Å². The van der Waals surface area contributed by atoms with Crippen molar-refractivity contribution >= 4 is 56.4 Å². The molecule has 0 atom stereocenters. The highest BCUT2D eigenvalue weighted by molar-refractivity contribution is 7.20. The minimum absolute atomic E-state index is 0.0577. The van der Waals surface area contributed by atoms with Crippen LogP contribution in [0.2, 0.25) is 5.02 Å². The summed E-state index contributed by atoms with van der Waals surface area (Å²) in [6.07, 6.45) is 0. The molecule has 0 aliphatic heterocycles. The largest absolute Gasteiger partial charge is 0.451 e. The molecular formula is C21H15ClN4O5S. The molecule has 0 aliphatic rings. The molecule has 1 N–H and O–H groups in total. The van der Waals surface area contributed by atoms with E-state index in [2.05, 4.69) is 10.4 Å². The predicted octanol–water partition coefficient (Wildman–Crippen LogP) is 4.75. The van der Waals surface area contributed by atoms with E-state index in [4.69, 9.17) is 16.3 Å². The third kappa shape index (κ3) is 4.32. The minimum Gasteiger partial charge on any atom is -0.451 e. The number of rotatable bonds is 6. The van der Waals surface area contributed by atoms with Gasteiger partial charge >= 0.3 is 5.97 Å². The van der Waals surface area contributed by atoms with Crippen molar-refractivity contribution in [3.8, 4) is 5.69 Å². The Morgan fingerprint density at radius 2 is 1.97 bits per heavy atom. The molecule has 0 aliphatic carbocycles. The zero-order valence-electron chi connectivity index (χ0n) is 16.6. The maximum absolute atomic E-state index is 12.5. The number of non-ortho nitro benzene ring substituents is 1. The highest BCUT2D eigenvalue weighted by Gasteiger charge is 2.19. The molecule has 1 amide bonds. The lowest BCUT2D eigenvalue weighted by Gasteiger charge is -2.07. The van der Waals surface area contributed by atoms with Crippen LogP contribution in [0.3, 0.4) is 0 Å². The van der Waals surface area contributed by atoms with Crippen molar-refractivity contribution in [3.05, 3.63) is 80.3 Å². The molecular weight excluding hydrogens is 456 g/mol. The number of nitro groups is 1. The number of halogens is 1. The Kier molecular flexibility index (Phi) is 5.89. The molecule has 0 spiro atoms. The Morgan fingerprint density at radius 3 is 2.69 bits per heavy atom. The second kappa shape index (κ2) is 8.77. The number of carbonyl (C=O) groups is 2. The highest BCUT2D eigenvalue weighted by atomic mass is 35.5. The lowest BCUT2D eigenvalue weighted by atomic mass is 10.3. The second-order valence-corrected chi connectivity index (χ2v) is 8.15. The predicted molar refractivity (Wildman–Crippen MR) is 121 cm³/mol. The summed E-state index contributed by atoms with van der Waals surface area (Å²) in [4.78, 5) is 36.1. The molecule has 0 unspecified atom stereocenters. The van der Waals surface area contributed by atoms with Crippen molar-refractivity contribution in [2.75, 3.05) is 11.9 Å². The van der Waals surface area contributed by atoms with E-state index in [1.54, 1.807) is 10.7 Å². The second-order valence-electron chi connectivity index (χ2n) is 6.71. The van der Waals surface area contributed by atoms with Crippen LogP contribution >= 0.6 is 22.9 Å². The van der Waals surface area contributed by atoms with Crippen molar-refractivity contribution in [2.24, 2.45) is 0 Å². The van der Waals surface area contributed by atoms with Gasteiger partial charge in [-0.2, -0.15) is 5.10 Å². The summed E-state index contributed by atoms with van der Waals surface area (Å²) in [6, 6.07) is 14.8. The third-order valence-corrected chi connectivity index (χ3v) is 5.94. The number of carbonyl (C=O) groups excluding carboxylic acids is 2. The molecule has 0 saturated carbocycles. The first-order valence-corrected chi connectivity index (χ1v) is 10.5.